The normalized spacial score (nSPS) is 11.9. The van der Waals surface area contributed by atoms with Gasteiger partial charge in [-0.15, -0.1) is 0 Å². The second-order valence-electron chi connectivity index (χ2n) is 3.90. The highest BCUT2D eigenvalue weighted by Gasteiger charge is 2.11. The molecule has 0 radical (unpaired) electrons. The Morgan fingerprint density at radius 2 is 2.12 bits per heavy atom. The van der Waals surface area contributed by atoms with E-state index in [1.54, 1.807) is 0 Å². The van der Waals surface area contributed by atoms with Crippen LogP contribution >= 0.6 is 0 Å². The largest absolute Gasteiger partial charge is 0.373 e. The van der Waals surface area contributed by atoms with E-state index in [9.17, 15) is 0 Å². The van der Waals surface area contributed by atoms with Crippen molar-refractivity contribution in [3.8, 4) is 6.07 Å². The van der Waals surface area contributed by atoms with Gasteiger partial charge in [-0.1, -0.05) is 25.1 Å². The number of nitrogens with zero attached hydrogens (tertiary/aromatic N) is 2. The summed E-state index contributed by atoms with van der Waals surface area (Å²) in [6.07, 6.45) is 1.45. The summed E-state index contributed by atoms with van der Waals surface area (Å²) < 4.78 is 0. The third-order valence-electron chi connectivity index (χ3n) is 2.75. The van der Waals surface area contributed by atoms with Crippen LogP contribution < -0.4 is 10.6 Å². The molecule has 0 aliphatic rings. The van der Waals surface area contributed by atoms with Crippen LogP contribution in [0.3, 0.4) is 0 Å². The molecule has 0 aliphatic carbocycles. The molecule has 0 fully saturated rings. The highest BCUT2D eigenvalue weighted by Crippen LogP contribution is 2.25. The van der Waals surface area contributed by atoms with Crippen LogP contribution in [-0.4, -0.2) is 13.6 Å². The maximum Gasteiger partial charge on any atom is 0.0640 e. The van der Waals surface area contributed by atoms with Crippen LogP contribution in [0.25, 0.3) is 0 Å². The minimum Gasteiger partial charge on any atom is -0.373 e. The standard InChI is InChI=1S/C13H19N3/c1-3-12(15)11-7-4-5-8-13(11)16(2)10-6-9-14/h4-5,7-8,12H,3,6,10,15H2,1-2H3/t12-/m1/s1. The molecule has 3 heteroatoms. The third kappa shape index (κ3) is 2.98. The molecule has 1 aromatic rings. The Kier molecular flexibility index (Phi) is 4.81. The molecule has 1 atom stereocenters. The van der Waals surface area contributed by atoms with E-state index in [1.165, 1.54) is 0 Å². The van der Waals surface area contributed by atoms with Gasteiger partial charge in [0.1, 0.15) is 0 Å². The maximum atomic E-state index is 8.59. The zero-order valence-corrected chi connectivity index (χ0v) is 9.98. The van der Waals surface area contributed by atoms with E-state index in [1.807, 2.05) is 19.2 Å². The molecular formula is C13H19N3. The molecule has 0 bridgehead atoms. The van der Waals surface area contributed by atoms with Crippen LogP contribution in [-0.2, 0) is 0 Å². The van der Waals surface area contributed by atoms with Crippen molar-refractivity contribution in [2.75, 3.05) is 18.5 Å². The highest BCUT2D eigenvalue weighted by atomic mass is 15.1. The number of hydrogen-bond acceptors (Lipinski definition) is 3. The van der Waals surface area contributed by atoms with E-state index < -0.39 is 0 Å². The number of nitrogens with two attached hydrogens (primary N) is 1. The number of hydrogen-bond donors (Lipinski definition) is 1. The fourth-order valence-electron chi connectivity index (χ4n) is 1.71. The van der Waals surface area contributed by atoms with Gasteiger partial charge < -0.3 is 10.6 Å². The number of para-hydroxylation sites is 1. The Balaban J connectivity index is 2.90. The lowest BCUT2D eigenvalue weighted by molar-refractivity contribution is 0.694. The molecule has 0 heterocycles. The lowest BCUT2D eigenvalue weighted by atomic mass is 10.0. The van der Waals surface area contributed by atoms with Crippen molar-refractivity contribution in [3.05, 3.63) is 29.8 Å². The molecular weight excluding hydrogens is 198 g/mol. The summed E-state index contributed by atoms with van der Waals surface area (Å²) in [5, 5.41) is 8.59. The summed E-state index contributed by atoms with van der Waals surface area (Å²) in [6.45, 7) is 2.82. The Morgan fingerprint density at radius 1 is 1.44 bits per heavy atom. The lowest BCUT2D eigenvalue weighted by Crippen LogP contribution is -2.22. The predicted molar refractivity (Wildman–Crippen MR) is 67.2 cm³/mol. The number of nitriles is 1. The minimum absolute atomic E-state index is 0.0701. The monoisotopic (exact) mass is 217 g/mol. The van der Waals surface area contributed by atoms with Crippen molar-refractivity contribution in [1.82, 2.24) is 0 Å². The number of rotatable bonds is 5. The molecule has 1 rings (SSSR count). The number of benzene rings is 1. The van der Waals surface area contributed by atoms with Crippen molar-refractivity contribution in [3.63, 3.8) is 0 Å². The van der Waals surface area contributed by atoms with Gasteiger partial charge in [0.05, 0.1) is 12.5 Å². The second kappa shape index (κ2) is 6.14. The summed E-state index contributed by atoms with van der Waals surface area (Å²) in [5.41, 5.74) is 8.36. The quantitative estimate of drug-likeness (QED) is 0.824. The Hall–Kier alpha value is -1.53. The molecule has 0 spiro atoms. The van der Waals surface area contributed by atoms with E-state index in [4.69, 9.17) is 11.0 Å². The Labute approximate surface area is 97.5 Å². The molecule has 0 aromatic heterocycles. The van der Waals surface area contributed by atoms with E-state index in [0.29, 0.717) is 6.42 Å². The fraction of sp³-hybridized carbons (Fsp3) is 0.462. The van der Waals surface area contributed by atoms with E-state index in [0.717, 1.165) is 24.2 Å². The van der Waals surface area contributed by atoms with Gasteiger partial charge in [-0.3, -0.25) is 0 Å². The fourth-order valence-corrected chi connectivity index (χ4v) is 1.71. The van der Waals surface area contributed by atoms with Crippen LogP contribution in [0.4, 0.5) is 5.69 Å². The van der Waals surface area contributed by atoms with Crippen LogP contribution in [0.5, 0.6) is 0 Å². The molecule has 0 amide bonds. The van der Waals surface area contributed by atoms with E-state index >= 15 is 0 Å². The summed E-state index contributed by atoms with van der Waals surface area (Å²) in [4.78, 5) is 2.09. The van der Waals surface area contributed by atoms with Gasteiger partial charge in [-0.2, -0.15) is 5.26 Å². The summed E-state index contributed by atoms with van der Waals surface area (Å²) in [7, 11) is 2.00. The average molecular weight is 217 g/mol. The first-order chi connectivity index (χ1) is 7.70. The van der Waals surface area contributed by atoms with E-state index in [2.05, 4.69) is 30.0 Å². The van der Waals surface area contributed by atoms with Crippen LogP contribution in [0.15, 0.2) is 24.3 Å². The first-order valence-electron chi connectivity index (χ1n) is 5.63. The van der Waals surface area contributed by atoms with Gasteiger partial charge in [-0.25, -0.2) is 0 Å². The second-order valence-corrected chi connectivity index (χ2v) is 3.90. The van der Waals surface area contributed by atoms with Crippen LogP contribution in [0.1, 0.15) is 31.4 Å². The number of anilines is 1. The smallest absolute Gasteiger partial charge is 0.0640 e. The van der Waals surface area contributed by atoms with Gasteiger partial charge in [-0.05, 0) is 18.1 Å². The molecule has 0 saturated carbocycles. The molecule has 1 aromatic carbocycles. The van der Waals surface area contributed by atoms with Crippen LogP contribution in [0.2, 0.25) is 0 Å². The molecule has 16 heavy (non-hydrogen) atoms. The first-order valence-corrected chi connectivity index (χ1v) is 5.63. The summed E-state index contributed by atoms with van der Waals surface area (Å²) in [6, 6.07) is 10.4. The molecule has 3 nitrogen and oxygen atoms in total. The maximum absolute atomic E-state index is 8.59. The molecule has 0 saturated heterocycles. The van der Waals surface area contributed by atoms with Crippen LogP contribution in [0, 0.1) is 11.3 Å². The SMILES string of the molecule is CC[C@@H](N)c1ccccc1N(C)CCC#N. The van der Waals surface area contributed by atoms with Crippen molar-refractivity contribution in [2.24, 2.45) is 5.73 Å². The average Bonchev–Trinajstić information content (AvgIpc) is 2.35. The predicted octanol–water partition coefficient (Wildman–Crippen LogP) is 2.45. The molecule has 0 aliphatic heterocycles. The van der Waals surface area contributed by atoms with Gasteiger partial charge in [0.15, 0.2) is 0 Å². The summed E-state index contributed by atoms with van der Waals surface area (Å²) in [5.74, 6) is 0. The highest BCUT2D eigenvalue weighted by molar-refractivity contribution is 5.54. The van der Waals surface area contributed by atoms with Gasteiger partial charge >= 0.3 is 0 Å². The van der Waals surface area contributed by atoms with Gasteiger partial charge in [0.2, 0.25) is 0 Å². The Morgan fingerprint density at radius 3 is 2.75 bits per heavy atom. The molecule has 0 unspecified atom stereocenters. The first kappa shape index (κ1) is 12.5. The van der Waals surface area contributed by atoms with Crippen molar-refractivity contribution in [2.45, 2.75) is 25.8 Å². The lowest BCUT2D eigenvalue weighted by Gasteiger charge is -2.23. The third-order valence-corrected chi connectivity index (χ3v) is 2.75. The zero-order valence-electron chi connectivity index (χ0n) is 9.98. The van der Waals surface area contributed by atoms with E-state index in [-0.39, 0.29) is 6.04 Å². The van der Waals surface area contributed by atoms with Gasteiger partial charge in [0.25, 0.3) is 0 Å². The minimum atomic E-state index is 0.0701. The van der Waals surface area contributed by atoms with Crippen molar-refractivity contribution in [1.29, 1.82) is 5.26 Å². The van der Waals surface area contributed by atoms with Crippen molar-refractivity contribution >= 4 is 5.69 Å². The van der Waals surface area contributed by atoms with Gasteiger partial charge in [0, 0.05) is 25.3 Å². The summed E-state index contributed by atoms with van der Waals surface area (Å²) >= 11 is 0. The Bertz CT molecular complexity index is 368. The topological polar surface area (TPSA) is 53.0 Å². The zero-order chi connectivity index (χ0) is 12.0. The molecule has 86 valence electrons. The molecule has 2 N–H and O–H groups in total. The van der Waals surface area contributed by atoms with Crippen molar-refractivity contribution < 1.29 is 0 Å².